The molecule has 0 aromatic heterocycles. The first-order valence-corrected chi connectivity index (χ1v) is 11.7. The smallest absolute Gasteiger partial charge is 0.331 e. The average Bonchev–Trinajstić information content (AvgIpc) is 2.80. The molecule has 5 nitrogen and oxygen atoms in total. The molecule has 0 fully saturated rings. The monoisotopic (exact) mass is 489 g/mol. The number of anilines is 1. The van der Waals surface area contributed by atoms with E-state index >= 15 is 0 Å². The first kappa shape index (κ1) is 24.7. The third-order valence-electron chi connectivity index (χ3n) is 4.29. The lowest BCUT2D eigenvalue weighted by Gasteiger charge is -2.10. The van der Waals surface area contributed by atoms with Crippen LogP contribution in [0.5, 0.6) is 11.5 Å². The number of aliphatic carboxylic acids is 1. The molecule has 9 heteroatoms. The summed E-state index contributed by atoms with van der Waals surface area (Å²) in [5, 5.41) is 10.0. The number of benzene rings is 3. The number of hydrogen-bond acceptors (Lipinski definition) is 5. The molecule has 0 radical (unpaired) electrons. The Labute approximate surface area is 196 Å². The van der Waals surface area contributed by atoms with Crippen molar-refractivity contribution in [1.29, 1.82) is 0 Å². The molecule has 3 rings (SSSR count). The van der Waals surface area contributed by atoms with Gasteiger partial charge in [0.05, 0.1) is 0 Å². The summed E-state index contributed by atoms with van der Waals surface area (Å²) in [6.45, 7) is 3.99. The van der Waals surface area contributed by atoms with Gasteiger partial charge in [-0.15, -0.1) is 0 Å². The van der Waals surface area contributed by atoms with Gasteiger partial charge < -0.3 is 19.1 Å². The van der Waals surface area contributed by atoms with Crippen LogP contribution in [-0.2, 0) is 9.32 Å². The van der Waals surface area contributed by atoms with Gasteiger partial charge in [-0.25, -0.2) is 13.6 Å². The Hall–Kier alpha value is -2.93. The second kappa shape index (κ2) is 11.8. The molecule has 0 heterocycles. The molecule has 0 saturated heterocycles. The first-order valence-electron chi connectivity index (χ1n) is 9.95. The van der Waals surface area contributed by atoms with Crippen molar-refractivity contribution in [2.24, 2.45) is 0 Å². The van der Waals surface area contributed by atoms with Gasteiger partial charge in [-0.1, -0.05) is 12.1 Å². The van der Waals surface area contributed by atoms with Gasteiger partial charge in [0.2, 0.25) is 0 Å². The second-order valence-corrected chi connectivity index (χ2v) is 8.79. The molecule has 1 atom stereocenters. The quantitative estimate of drug-likeness (QED) is 0.190. The van der Waals surface area contributed by atoms with E-state index < -0.39 is 23.4 Å². The van der Waals surface area contributed by atoms with Crippen molar-refractivity contribution in [2.45, 2.75) is 18.7 Å². The molecular formula is C24H22F2NO4PS. The zero-order valence-corrected chi connectivity index (χ0v) is 19.7. The standard InChI is InChI=1S/C24H22F2NO4PS/c1-3-30-32-19-8-4-17(5-9-19)27-33-20-10-6-18(7-11-20)31-23-21(25)13-16(14-22(23)26)12-15(2)24(28)29/h4-14,27,32H,3H2,1-2H3,(H,28,29)/b15-12+. The molecule has 33 heavy (non-hydrogen) atoms. The minimum Gasteiger partial charge on any atom is -0.478 e. The summed E-state index contributed by atoms with van der Waals surface area (Å²) >= 11 is 1.39. The molecule has 3 aromatic carbocycles. The predicted molar refractivity (Wildman–Crippen MR) is 130 cm³/mol. The maximum atomic E-state index is 14.4. The fourth-order valence-electron chi connectivity index (χ4n) is 2.65. The number of hydrogen-bond donors (Lipinski definition) is 2. The van der Waals surface area contributed by atoms with Gasteiger partial charge in [0.25, 0.3) is 0 Å². The van der Waals surface area contributed by atoms with E-state index in [1.165, 1.54) is 24.9 Å². The average molecular weight is 489 g/mol. The van der Waals surface area contributed by atoms with Crippen LogP contribution in [0.1, 0.15) is 19.4 Å². The number of carboxylic acid groups (broad SMARTS) is 1. The molecule has 0 saturated carbocycles. The van der Waals surface area contributed by atoms with E-state index in [-0.39, 0.29) is 16.9 Å². The molecule has 0 spiro atoms. The minimum absolute atomic E-state index is 0.0361. The number of rotatable bonds is 10. The van der Waals surface area contributed by atoms with Crippen molar-refractivity contribution < 1.29 is 27.9 Å². The molecular weight excluding hydrogens is 467 g/mol. The van der Waals surface area contributed by atoms with Crippen LogP contribution in [0.3, 0.4) is 0 Å². The van der Waals surface area contributed by atoms with Crippen LogP contribution < -0.4 is 14.8 Å². The van der Waals surface area contributed by atoms with Gasteiger partial charge in [-0.05, 0) is 91.3 Å². The van der Waals surface area contributed by atoms with Gasteiger partial charge in [-0.2, -0.15) is 0 Å². The molecule has 0 aliphatic heterocycles. The number of ether oxygens (including phenoxy) is 1. The maximum Gasteiger partial charge on any atom is 0.331 e. The summed E-state index contributed by atoms with van der Waals surface area (Å²) in [7, 11) is 0.329. The number of nitrogens with one attached hydrogen (secondary N) is 1. The zero-order chi connectivity index (χ0) is 23.8. The van der Waals surface area contributed by atoms with Crippen molar-refractivity contribution in [1.82, 2.24) is 0 Å². The molecule has 0 bridgehead atoms. The van der Waals surface area contributed by atoms with Crippen molar-refractivity contribution in [3.05, 3.63) is 83.4 Å². The second-order valence-electron chi connectivity index (χ2n) is 6.84. The van der Waals surface area contributed by atoms with E-state index in [2.05, 4.69) is 4.72 Å². The lowest BCUT2D eigenvalue weighted by molar-refractivity contribution is -0.132. The van der Waals surface area contributed by atoms with E-state index in [1.807, 2.05) is 31.2 Å². The summed E-state index contributed by atoms with van der Waals surface area (Å²) in [4.78, 5) is 11.8. The van der Waals surface area contributed by atoms with Gasteiger partial charge in [0, 0.05) is 31.6 Å². The number of halogens is 2. The Kier molecular flexibility index (Phi) is 8.83. The molecule has 2 N–H and O–H groups in total. The van der Waals surface area contributed by atoms with Crippen LogP contribution in [0, 0.1) is 11.6 Å². The molecule has 0 amide bonds. The lowest BCUT2D eigenvalue weighted by atomic mass is 10.1. The summed E-state index contributed by atoms with van der Waals surface area (Å²) in [6, 6.07) is 16.7. The van der Waals surface area contributed by atoms with Gasteiger partial charge >= 0.3 is 5.97 Å². The van der Waals surface area contributed by atoms with Crippen molar-refractivity contribution in [2.75, 3.05) is 11.3 Å². The Morgan fingerprint density at radius 2 is 1.73 bits per heavy atom. The molecule has 1 unspecified atom stereocenters. The van der Waals surface area contributed by atoms with E-state index in [4.69, 9.17) is 14.4 Å². The lowest BCUT2D eigenvalue weighted by Crippen LogP contribution is -1.97. The minimum atomic E-state index is -1.16. The molecule has 0 aliphatic rings. The molecule has 0 aliphatic carbocycles. The highest BCUT2D eigenvalue weighted by Crippen LogP contribution is 2.31. The van der Waals surface area contributed by atoms with E-state index in [9.17, 15) is 13.6 Å². The van der Waals surface area contributed by atoms with Crippen LogP contribution in [0.25, 0.3) is 6.08 Å². The molecule has 172 valence electrons. The van der Waals surface area contributed by atoms with Crippen LogP contribution in [0.2, 0.25) is 0 Å². The maximum absolute atomic E-state index is 14.4. The summed E-state index contributed by atoms with van der Waals surface area (Å²) in [6.07, 6.45) is 1.18. The first-order chi connectivity index (χ1) is 15.9. The highest BCUT2D eigenvalue weighted by Gasteiger charge is 2.14. The van der Waals surface area contributed by atoms with E-state index in [0.717, 1.165) is 28.0 Å². The zero-order valence-electron chi connectivity index (χ0n) is 17.9. The van der Waals surface area contributed by atoms with Crippen LogP contribution in [-0.4, -0.2) is 17.7 Å². The van der Waals surface area contributed by atoms with Gasteiger partial charge in [-0.3, -0.25) is 0 Å². The SMILES string of the molecule is CCOPc1ccc(NSc2ccc(Oc3c(F)cc(/C=C(\C)C(=O)O)cc3F)cc2)cc1. The normalized spacial score (nSPS) is 11.7. The highest BCUT2D eigenvalue weighted by molar-refractivity contribution is 8.00. The third kappa shape index (κ3) is 7.29. The van der Waals surface area contributed by atoms with E-state index in [1.54, 1.807) is 24.3 Å². The van der Waals surface area contributed by atoms with Crippen LogP contribution in [0.15, 0.2) is 71.1 Å². The highest BCUT2D eigenvalue weighted by atomic mass is 32.2. The van der Waals surface area contributed by atoms with Gasteiger partial charge in [0.1, 0.15) is 5.75 Å². The predicted octanol–water partition coefficient (Wildman–Crippen LogP) is 6.62. The summed E-state index contributed by atoms with van der Waals surface area (Å²) < 4.78 is 42.8. The Morgan fingerprint density at radius 3 is 2.30 bits per heavy atom. The third-order valence-corrected chi connectivity index (χ3v) is 6.14. The fourth-order valence-corrected chi connectivity index (χ4v) is 3.90. The van der Waals surface area contributed by atoms with Crippen molar-refractivity contribution in [3.8, 4) is 11.5 Å². The van der Waals surface area contributed by atoms with Crippen molar-refractivity contribution >= 4 is 43.8 Å². The number of carbonyl (C=O) groups is 1. The number of carboxylic acids is 1. The molecule has 3 aromatic rings. The summed E-state index contributed by atoms with van der Waals surface area (Å²) in [5.74, 6) is -3.29. The topological polar surface area (TPSA) is 67.8 Å². The Morgan fingerprint density at radius 1 is 1.09 bits per heavy atom. The van der Waals surface area contributed by atoms with Crippen LogP contribution in [0.4, 0.5) is 14.5 Å². The van der Waals surface area contributed by atoms with Gasteiger partial charge in [0.15, 0.2) is 17.4 Å². The Balaban J connectivity index is 1.61. The van der Waals surface area contributed by atoms with Crippen molar-refractivity contribution in [3.63, 3.8) is 0 Å². The van der Waals surface area contributed by atoms with E-state index in [0.29, 0.717) is 15.4 Å². The largest absolute Gasteiger partial charge is 0.478 e. The Bertz CT molecular complexity index is 1120. The fraction of sp³-hybridized carbons (Fsp3) is 0.125. The summed E-state index contributed by atoms with van der Waals surface area (Å²) in [5.41, 5.74) is 0.995. The van der Waals surface area contributed by atoms with Crippen LogP contribution >= 0.6 is 20.8 Å².